The molecule has 2 aromatic heterocycles. The van der Waals surface area contributed by atoms with Crippen LogP contribution in [0.25, 0.3) is 22.8 Å². The van der Waals surface area contributed by atoms with E-state index in [1.165, 1.54) is 4.80 Å². The van der Waals surface area contributed by atoms with Gasteiger partial charge < -0.3 is 9.26 Å². The minimum absolute atomic E-state index is 0.228. The van der Waals surface area contributed by atoms with E-state index < -0.39 is 0 Å². The highest BCUT2D eigenvalue weighted by Crippen LogP contribution is 2.30. The topological polar surface area (TPSA) is 91.8 Å². The molecule has 0 bridgehead atoms. The first-order valence-corrected chi connectivity index (χ1v) is 8.52. The minimum Gasteiger partial charge on any atom is -0.496 e. The zero-order chi connectivity index (χ0) is 17.9. The van der Waals surface area contributed by atoms with Crippen LogP contribution in [-0.4, -0.2) is 37.5 Å². The molecule has 0 saturated heterocycles. The summed E-state index contributed by atoms with van der Waals surface area (Å²) in [5.74, 6) is 2.01. The molecule has 0 fully saturated rings. The van der Waals surface area contributed by atoms with Crippen LogP contribution in [0.1, 0.15) is 5.89 Å². The van der Waals surface area contributed by atoms with Gasteiger partial charge in [0.2, 0.25) is 11.6 Å². The lowest BCUT2D eigenvalue weighted by Crippen LogP contribution is -2.04. The summed E-state index contributed by atoms with van der Waals surface area (Å²) in [4.78, 5) is 5.81. The Morgan fingerprint density at radius 2 is 1.96 bits per heavy atom. The van der Waals surface area contributed by atoms with Gasteiger partial charge in [0.15, 0.2) is 0 Å². The summed E-state index contributed by atoms with van der Waals surface area (Å²) >= 11 is 3.41. The molecule has 0 saturated carbocycles. The standard InChI is InChI=1S/C17H13BrN6O2/c1-25-14-9-12(18)7-8-13(14)17-19-15(26-22-17)10-24-21-16(20-23-24)11-5-3-2-4-6-11/h2-9H,10H2,1H3. The quantitative estimate of drug-likeness (QED) is 0.496. The fourth-order valence-corrected chi connectivity index (χ4v) is 2.75. The summed E-state index contributed by atoms with van der Waals surface area (Å²) in [6, 6.07) is 15.2. The number of tetrazole rings is 1. The molecule has 0 unspecified atom stereocenters. The molecule has 2 aromatic carbocycles. The zero-order valence-corrected chi connectivity index (χ0v) is 15.3. The molecular formula is C17H13BrN6O2. The number of nitrogens with zero attached hydrogens (tertiary/aromatic N) is 6. The molecule has 0 atom stereocenters. The highest BCUT2D eigenvalue weighted by atomic mass is 79.9. The summed E-state index contributed by atoms with van der Waals surface area (Å²) in [6.07, 6.45) is 0. The molecule has 8 nitrogen and oxygen atoms in total. The molecule has 0 spiro atoms. The first-order chi connectivity index (χ1) is 12.7. The van der Waals surface area contributed by atoms with Crippen LogP contribution in [0.2, 0.25) is 0 Å². The van der Waals surface area contributed by atoms with E-state index in [9.17, 15) is 0 Å². The van der Waals surface area contributed by atoms with Gasteiger partial charge >= 0.3 is 0 Å². The molecule has 4 rings (SSSR count). The number of benzene rings is 2. The Kier molecular flexibility index (Phi) is 4.44. The van der Waals surface area contributed by atoms with Gasteiger partial charge in [-0.1, -0.05) is 51.4 Å². The molecule has 0 aliphatic heterocycles. The number of rotatable bonds is 5. The smallest absolute Gasteiger partial charge is 0.250 e. The van der Waals surface area contributed by atoms with Gasteiger partial charge in [0.25, 0.3) is 5.89 Å². The van der Waals surface area contributed by atoms with Gasteiger partial charge in [-0.3, -0.25) is 0 Å². The number of methoxy groups -OCH3 is 1. The molecule has 4 aromatic rings. The van der Waals surface area contributed by atoms with Crippen molar-refractivity contribution in [3.05, 3.63) is 58.9 Å². The highest BCUT2D eigenvalue weighted by molar-refractivity contribution is 9.10. The van der Waals surface area contributed by atoms with Crippen molar-refractivity contribution in [2.24, 2.45) is 0 Å². The first kappa shape index (κ1) is 16.4. The van der Waals surface area contributed by atoms with E-state index in [0.717, 1.165) is 15.6 Å². The van der Waals surface area contributed by atoms with Crippen LogP contribution in [0.5, 0.6) is 5.75 Å². The maximum absolute atomic E-state index is 5.37. The SMILES string of the molecule is COc1cc(Br)ccc1-c1noc(Cn2nnc(-c3ccccc3)n2)n1. The number of aromatic nitrogens is 6. The predicted octanol–water partition coefficient (Wildman–Crippen LogP) is 3.21. The van der Waals surface area contributed by atoms with Gasteiger partial charge in [0, 0.05) is 10.0 Å². The molecular weight excluding hydrogens is 400 g/mol. The van der Waals surface area contributed by atoms with Crippen molar-refractivity contribution < 1.29 is 9.26 Å². The lowest BCUT2D eigenvalue weighted by molar-refractivity contribution is 0.356. The third-order valence-corrected chi connectivity index (χ3v) is 4.13. The van der Waals surface area contributed by atoms with Gasteiger partial charge in [-0.05, 0) is 23.4 Å². The van der Waals surface area contributed by atoms with Crippen molar-refractivity contribution in [1.29, 1.82) is 0 Å². The zero-order valence-electron chi connectivity index (χ0n) is 13.7. The summed E-state index contributed by atoms with van der Waals surface area (Å²) in [7, 11) is 1.59. The van der Waals surface area contributed by atoms with Gasteiger partial charge in [0.1, 0.15) is 12.3 Å². The van der Waals surface area contributed by atoms with E-state index in [4.69, 9.17) is 9.26 Å². The Balaban J connectivity index is 1.55. The molecule has 0 radical (unpaired) electrons. The minimum atomic E-state index is 0.228. The normalized spacial score (nSPS) is 10.8. The Morgan fingerprint density at radius 3 is 2.77 bits per heavy atom. The lowest BCUT2D eigenvalue weighted by Gasteiger charge is -2.04. The molecule has 9 heteroatoms. The maximum Gasteiger partial charge on any atom is 0.250 e. The largest absolute Gasteiger partial charge is 0.496 e. The number of halogens is 1. The van der Waals surface area contributed by atoms with Crippen LogP contribution in [0, 0.1) is 0 Å². The summed E-state index contributed by atoms with van der Waals surface area (Å²) in [6.45, 7) is 0.228. The van der Waals surface area contributed by atoms with Crippen molar-refractivity contribution >= 4 is 15.9 Å². The Labute approximate surface area is 156 Å². The van der Waals surface area contributed by atoms with Crippen LogP contribution in [0.4, 0.5) is 0 Å². The van der Waals surface area contributed by atoms with Gasteiger partial charge in [-0.25, -0.2) is 0 Å². The number of ether oxygens (including phenoxy) is 1. The van der Waals surface area contributed by atoms with E-state index in [1.807, 2.05) is 48.5 Å². The van der Waals surface area contributed by atoms with Crippen molar-refractivity contribution in [2.75, 3.05) is 7.11 Å². The molecule has 26 heavy (non-hydrogen) atoms. The van der Waals surface area contributed by atoms with E-state index in [0.29, 0.717) is 23.3 Å². The van der Waals surface area contributed by atoms with Gasteiger partial charge in [-0.15, -0.1) is 10.2 Å². The van der Waals surface area contributed by atoms with E-state index in [1.54, 1.807) is 7.11 Å². The van der Waals surface area contributed by atoms with Crippen LogP contribution in [0.15, 0.2) is 57.5 Å². The van der Waals surface area contributed by atoms with Crippen molar-refractivity contribution in [3.8, 4) is 28.5 Å². The molecule has 0 aliphatic rings. The number of hydrogen-bond donors (Lipinski definition) is 0. The van der Waals surface area contributed by atoms with Crippen molar-refractivity contribution in [3.63, 3.8) is 0 Å². The average molecular weight is 413 g/mol. The van der Waals surface area contributed by atoms with Crippen LogP contribution in [-0.2, 0) is 6.54 Å². The van der Waals surface area contributed by atoms with Crippen LogP contribution >= 0.6 is 15.9 Å². The molecule has 2 heterocycles. The third-order valence-electron chi connectivity index (χ3n) is 3.63. The van der Waals surface area contributed by atoms with Gasteiger partial charge in [0.05, 0.1) is 12.7 Å². The second-order valence-corrected chi connectivity index (χ2v) is 6.28. The summed E-state index contributed by atoms with van der Waals surface area (Å²) in [5, 5.41) is 16.4. The second kappa shape index (κ2) is 7.04. The molecule has 0 aliphatic carbocycles. The Bertz CT molecular complexity index is 1030. The average Bonchev–Trinajstić information content (AvgIpc) is 3.32. The maximum atomic E-state index is 5.37. The molecule has 0 N–H and O–H groups in total. The fraction of sp³-hybridized carbons (Fsp3) is 0.118. The van der Waals surface area contributed by atoms with Crippen molar-refractivity contribution in [1.82, 2.24) is 30.3 Å². The second-order valence-electron chi connectivity index (χ2n) is 5.37. The van der Waals surface area contributed by atoms with Crippen LogP contribution in [0.3, 0.4) is 0 Å². The van der Waals surface area contributed by atoms with Gasteiger partial charge in [-0.2, -0.15) is 9.78 Å². The highest BCUT2D eigenvalue weighted by Gasteiger charge is 2.15. The Morgan fingerprint density at radius 1 is 1.12 bits per heavy atom. The monoisotopic (exact) mass is 412 g/mol. The molecule has 130 valence electrons. The predicted molar refractivity (Wildman–Crippen MR) is 96.3 cm³/mol. The third kappa shape index (κ3) is 3.33. The van der Waals surface area contributed by atoms with Crippen molar-refractivity contribution in [2.45, 2.75) is 6.54 Å². The molecule has 0 amide bonds. The first-order valence-electron chi connectivity index (χ1n) is 7.72. The van der Waals surface area contributed by atoms with E-state index in [-0.39, 0.29) is 6.54 Å². The van der Waals surface area contributed by atoms with E-state index in [2.05, 4.69) is 41.5 Å². The summed E-state index contributed by atoms with van der Waals surface area (Å²) < 4.78 is 11.6. The fourth-order valence-electron chi connectivity index (χ4n) is 2.41. The van der Waals surface area contributed by atoms with Crippen LogP contribution < -0.4 is 4.74 Å². The lowest BCUT2D eigenvalue weighted by atomic mass is 10.2. The summed E-state index contributed by atoms with van der Waals surface area (Å²) in [5.41, 5.74) is 1.63. The van der Waals surface area contributed by atoms with E-state index >= 15 is 0 Å². The number of hydrogen-bond acceptors (Lipinski definition) is 7. The Hall–Kier alpha value is -3.07.